The lowest BCUT2D eigenvalue weighted by atomic mass is 10.2. The molecule has 5 N–H and O–H groups in total. The summed E-state index contributed by atoms with van der Waals surface area (Å²) in [6.07, 6.45) is -0.462. The molecule has 1 rings (SSSR count). The van der Waals surface area contributed by atoms with Crippen LogP contribution in [-0.2, 0) is 9.59 Å². The van der Waals surface area contributed by atoms with Crippen molar-refractivity contribution in [2.45, 2.75) is 19.4 Å². The summed E-state index contributed by atoms with van der Waals surface area (Å²) in [5.41, 5.74) is 6.45. The second kappa shape index (κ2) is 6.39. The fourth-order valence-electron chi connectivity index (χ4n) is 1.36. The number of carboxylic acid groups (broad SMARTS) is 1. The van der Waals surface area contributed by atoms with E-state index in [0.29, 0.717) is 5.69 Å². The van der Waals surface area contributed by atoms with Gasteiger partial charge in [-0.25, -0.2) is 9.59 Å². The highest BCUT2D eigenvalue weighted by Crippen LogP contribution is 2.08. The van der Waals surface area contributed by atoms with E-state index in [1.54, 1.807) is 24.3 Å². The van der Waals surface area contributed by atoms with Crippen molar-refractivity contribution in [1.29, 1.82) is 0 Å². The van der Waals surface area contributed by atoms with Gasteiger partial charge >= 0.3 is 12.0 Å². The molecule has 1 aromatic carbocycles. The average molecular weight is 265 g/mol. The molecule has 1 atom stereocenters. The van der Waals surface area contributed by atoms with Crippen LogP contribution in [0.3, 0.4) is 0 Å². The number of carbonyl (C=O) groups excluding carboxylic acids is 2. The molecule has 7 heteroatoms. The predicted molar refractivity (Wildman–Crippen MR) is 68.6 cm³/mol. The van der Waals surface area contributed by atoms with Crippen molar-refractivity contribution in [2.75, 3.05) is 5.32 Å². The van der Waals surface area contributed by atoms with E-state index in [1.165, 1.54) is 0 Å². The van der Waals surface area contributed by atoms with Crippen LogP contribution >= 0.6 is 0 Å². The number of benzene rings is 1. The number of nitrogens with two attached hydrogens (primary N) is 1. The smallest absolute Gasteiger partial charge is 0.326 e. The number of nitrogens with one attached hydrogen (secondary N) is 2. The molecule has 19 heavy (non-hydrogen) atoms. The molecule has 0 saturated carbocycles. The summed E-state index contributed by atoms with van der Waals surface area (Å²) < 4.78 is 0. The number of aliphatic carboxylic acids is 1. The van der Waals surface area contributed by atoms with Crippen molar-refractivity contribution >= 4 is 23.6 Å². The summed E-state index contributed by atoms with van der Waals surface area (Å²) in [7, 11) is 0. The lowest BCUT2D eigenvalue weighted by Crippen LogP contribution is -2.45. The quantitative estimate of drug-likeness (QED) is 0.617. The number of aryl methyl sites for hydroxylation is 1. The molecular weight excluding hydrogens is 250 g/mol. The van der Waals surface area contributed by atoms with Gasteiger partial charge in [0.15, 0.2) is 0 Å². The predicted octanol–water partition coefficient (Wildman–Crippen LogP) is 0.445. The topological polar surface area (TPSA) is 122 Å². The summed E-state index contributed by atoms with van der Waals surface area (Å²) >= 11 is 0. The summed E-state index contributed by atoms with van der Waals surface area (Å²) in [5, 5.41) is 13.4. The molecule has 0 heterocycles. The molecule has 102 valence electrons. The third-order valence-corrected chi connectivity index (χ3v) is 2.32. The van der Waals surface area contributed by atoms with Gasteiger partial charge < -0.3 is 21.5 Å². The number of carbonyl (C=O) groups is 3. The van der Waals surface area contributed by atoms with Crippen molar-refractivity contribution in [3.8, 4) is 0 Å². The minimum Gasteiger partial charge on any atom is -0.480 e. The number of primary amides is 1. The number of amides is 3. The van der Waals surface area contributed by atoms with Crippen molar-refractivity contribution in [3.05, 3.63) is 29.8 Å². The van der Waals surface area contributed by atoms with Gasteiger partial charge in [-0.1, -0.05) is 17.7 Å². The fourth-order valence-corrected chi connectivity index (χ4v) is 1.36. The summed E-state index contributed by atoms with van der Waals surface area (Å²) in [6.45, 7) is 1.90. The minimum atomic E-state index is -1.34. The Labute approximate surface area is 109 Å². The van der Waals surface area contributed by atoms with Gasteiger partial charge in [0.05, 0.1) is 6.42 Å². The number of hydrogen-bond acceptors (Lipinski definition) is 3. The van der Waals surface area contributed by atoms with E-state index in [9.17, 15) is 14.4 Å². The number of rotatable bonds is 5. The normalized spacial score (nSPS) is 11.4. The van der Waals surface area contributed by atoms with Crippen LogP contribution < -0.4 is 16.4 Å². The summed E-state index contributed by atoms with van der Waals surface area (Å²) in [5.74, 6) is -2.12. The zero-order chi connectivity index (χ0) is 14.4. The Morgan fingerprint density at radius 1 is 1.26 bits per heavy atom. The van der Waals surface area contributed by atoms with Gasteiger partial charge in [-0.2, -0.15) is 0 Å². The molecule has 0 aliphatic rings. The molecule has 0 radical (unpaired) electrons. The zero-order valence-corrected chi connectivity index (χ0v) is 10.3. The lowest BCUT2D eigenvalue weighted by Gasteiger charge is -2.13. The maximum absolute atomic E-state index is 11.6. The second-order valence-corrected chi connectivity index (χ2v) is 4.03. The van der Waals surface area contributed by atoms with Crippen LogP contribution in [0, 0.1) is 6.92 Å². The Bertz CT molecular complexity index is 484. The Hall–Kier alpha value is -2.57. The Morgan fingerprint density at radius 3 is 2.32 bits per heavy atom. The van der Waals surface area contributed by atoms with Crippen molar-refractivity contribution in [3.63, 3.8) is 0 Å². The highest BCUT2D eigenvalue weighted by atomic mass is 16.4. The van der Waals surface area contributed by atoms with E-state index in [4.69, 9.17) is 10.8 Å². The van der Waals surface area contributed by atoms with E-state index in [-0.39, 0.29) is 0 Å². The maximum atomic E-state index is 11.6. The van der Waals surface area contributed by atoms with Crippen LogP contribution in [0.25, 0.3) is 0 Å². The first-order valence-electron chi connectivity index (χ1n) is 5.54. The maximum Gasteiger partial charge on any atom is 0.326 e. The van der Waals surface area contributed by atoms with E-state index in [0.717, 1.165) is 5.56 Å². The molecule has 1 aromatic rings. The van der Waals surface area contributed by atoms with E-state index < -0.39 is 30.4 Å². The molecule has 0 saturated heterocycles. The van der Waals surface area contributed by atoms with Gasteiger partial charge in [0.2, 0.25) is 5.91 Å². The first-order chi connectivity index (χ1) is 8.88. The van der Waals surface area contributed by atoms with E-state index >= 15 is 0 Å². The number of anilines is 1. The molecular formula is C12H15N3O4. The molecule has 7 nitrogen and oxygen atoms in total. The van der Waals surface area contributed by atoms with E-state index in [1.807, 2.05) is 6.92 Å². The van der Waals surface area contributed by atoms with Gasteiger partial charge in [-0.05, 0) is 19.1 Å². The highest BCUT2D eigenvalue weighted by molar-refractivity contribution is 5.93. The zero-order valence-electron chi connectivity index (χ0n) is 10.3. The standard InChI is InChI=1S/C12H15N3O4/c1-7-2-4-8(5-3-7)14-12(19)15-9(11(17)18)6-10(13)16/h2-5,9H,6H2,1H3,(H2,13,16)(H,17,18)(H2,14,15,19)/t9-/m0/s1. The summed E-state index contributed by atoms with van der Waals surface area (Å²) in [6, 6.07) is 4.90. The fraction of sp³-hybridized carbons (Fsp3) is 0.250. The van der Waals surface area contributed by atoms with Crippen LogP contribution in [0.4, 0.5) is 10.5 Å². The third kappa shape index (κ3) is 5.07. The van der Waals surface area contributed by atoms with Gasteiger partial charge in [0, 0.05) is 5.69 Å². The second-order valence-electron chi connectivity index (χ2n) is 4.03. The number of carboxylic acids is 1. The van der Waals surface area contributed by atoms with Gasteiger partial charge in [0.25, 0.3) is 0 Å². The largest absolute Gasteiger partial charge is 0.480 e. The first-order valence-corrected chi connectivity index (χ1v) is 5.54. The Kier molecular flexibility index (Phi) is 4.87. The Morgan fingerprint density at radius 2 is 1.84 bits per heavy atom. The molecule has 0 fully saturated rings. The van der Waals surface area contributed by atoms with Crippen molar-refractivity contribution in [2.24, 2.45) is 5.73 Å². The lowest BCUT2D eigenvalue weighted by molar-refractivity contribution is -0.140. The Balaban J connectivity index is 2.59. The number of urea groups is 1. The molecule has 0 unspecified atom stereocenters. The molecule has 0 spiro atoms. The van der Waals surface area contributed by atoms with Crippen LogP contribution in [0.5, 0.6) is 0 Å². The van der Waals surface area contributed by atoms with Crippen LogP contribution in [-0.4, -0.2) is 29.1 Å². The van der Waals surface area contributed by atoms with Gasteiger partial charge in [-0.15, -0.1) is 0 Å². The average Bonchev–Trinajstić information content (AvgIpc) is 2.30. The third-order valence-electron chi connectivity index (χ3n) is 2.32. The number of hydrogen-bond donors (Lipinski definition) is 4. The van der Waals surface area contributed by atoms with Crippen LogP contribution in [0.1, 0.15) is 12.0 Å². The van der Waals surface area contributed by atoms with Gasteiger partial charge in [-0.3, -0.25) is 4.79 Å². The van der Waals surface area contributed by atoms with Crippen LogP contribution in [0.2, 0.25) is 0 Å². The monoisotopic (exact) mass is 265 g/mol. The minimum absolute atomic E-state index is 0.462. The van der Waals surface area contributed by atoms with E-state index in [2.05, 4.69) is 10.6 Å². The van der Waals surface area contributed by atoms with Crippen LogP contribution in [0.15, 0.2) is 24.3 Å². The SMILES string of the molecule is Cc1ccc(NC(=O)N[C@@H](CC(N)=O)C(=O)O)cc1. The summed E-state index contributed by atoms with van der Waals surface area (Å²) in [4.78, 5) is 33.1. The van der Waals surface area contributed by atoms with Gasteiger partial charge in [0.1, 0.15) is 6.04 Å². The van der Waals surface area contributed by atoms with Crippen molar-refractivity contribution < 1.29 is 19.5 Å². The molecule has 3 amide bonds. The molecule has 0 aromatic heterocycles. The first kappa shape index (κ1) is 14.5. The molecule has 0 aliphatic heterocycles. The molecule has 0 bridgehead atoms. The van der Waals surface area contributed by atoms with Crippen molar-refractivity contribution in [1.82, 2.24) is 5.32 Å². The highest BCUT2D eigenvalue weighted by Gasteiger charge is 2.21. The molecule has 0 aliphatic carbocycles.